The highest BCUT2D eigenvalue weighted by atomic mass is 79.9. The monoisotopic (exact) mass is 307 g/mol. The Bertz CT molecular complexity index is 271. The third kappa shape index (κ3) is 6.66. The van der Waals surface area contributed by atoms with E-state index in [4.69, 9.17) is 0 Å². The van der Waals surface area contributed by atoms with Crippen LogP contribution in [0.15, 0.2) is 0 Å². The van der Waals surface area contributed by atoms with Crippen molar-refractivity contribution in [3.05, 3.63) is 0 Å². The molecular weight excluding hydrogens is 286 g/mol. The molecule has 0 unspecified atom stereocenters. The Kier molecular flexibility index (Phi) is 6.75. The van der Waals surface area contributed by atoms with Gasteiger partial charge in [-0.15, -0.1) is 0 Å². The number of halogens is 1. The van der Waals surface area contributed by atoms with E-state index in [0.717, 1.165) is 0 Å². The molecular formula is C12H22BrNO3. The van der Waals surface area contributed by atoms with E-state index in [0.29, 0.717) is 19.0 Å². The first kappa shape index (κ1) is 16.4. The lowest BCUT2D eigenvalue weighted by molar-refractivity contribution is -0.142. The van der Waals surface area contributed by atoms with Gasteiger partial charge in [0.2, 0.25) is 5.91 Å². The summed E-state index contributed by atoms with van der Waals surface area (Å²) in [5.74, 6) is 0.0699. The van der Waals surface area contributed by atoms with Gasteiger partial charge >= 0.3 is 5.97 Å². The topological polar surface area (TPSA) is 46.6 Å². The summed E-state index contributed by atoms with van der Waals surface area (Å²) in [6.07, 6.45) is 0.234. The van der Waals surface area contributed by atoms with Crippen LogP contribution in [0.25, 0.3) is 0 Å². The highest BCUT2D eigenvalue weighted by Crippen LogP contribution is 2.20. The number of hydrogen-bond donors (Lipinski definition) is 0. The predicted molar refractivity (Wildman–Crippen MR) is 71.1 cm³/mol. The second-order valence-corrected chi connectivity index (χ2v) is 6.93. The average Bonchev–Trinajstić information content (AvgIpc) is 2.20. The van der Waals surface area contributed by atoms with Gasteiger partial charge < -0.3 is 9.64 Å². The maximum atomic E-state index is 12.1. The third-order valence-electron chi connectivity index (χ3n) is 2.19. The third-order valence-corrected chi connectivity index (χ3v) is 2.53. The van der Waals surface area contributed by atoms with E-state index in [1.54, 1.807) is 18.7 Å². The number of methoxy groups -OCH3 is 1. The fourth-order valence-corrected chi connectivity index (χ4v) is 1.67. The van der Waals surface area contributed by atoms with Crippen molar-refractivity contribution in [3.8, 4) is 0 Å². The van der Waals surface area contributed by atoms with Gasteiger partial charge in [0.05, 0.1) is 17.9 Å². The summed E-state index contributed by atoms with van der Waals surface area (Å²) >= 11 is 3.35. The second kappa shape index (κ2) is 6.99. The summed E-state index contributed by atoms with van der Waals surface area (Å²) < 4.78 is 3.98. The highest BCUT2D eigenvalue weighted by molar-refractivity contribution is 9.10. The minimum absolute atomic E-state index is 0.00453. The van der Waals surface area contributed by atoms with Crippen LogP contribution in [-0.4, -0.2) is 41.3 Å². The van der Waals surface area contributed by atoms with Crippen molar-refractivity contribution in [2.75, 3.05) is 20.2 Å². The number of alkyl halides is 1. The van der Waals surface area contributed by atoms with E-state index in [2.05, 4.69) is 20.7 Å². The Morgan fingerprint density at radius 1 is 1.35 bits per heavy atom. The fourth-order valence-electron chi connectivity index (χ4n) is 1.42. The molecule has 0 saturated carbocycles. The van der Waals surface area contributed by atoms with Crippen LogP contribution in [0.3, 0.4) is 0 Å². The fraction of sp³-hybridized carbons (Fsp3) is 0.833. The van der Waals surface area contributed by atoms with Crippen LogP contribution in [0.1, 0.15) is 34.1 Å². The molecule has 0 fully saturated rings. The van der Waals surface area contributed by atoms with Crippen LogP contribution in [0.2, 0.25) is 0 Å². The van der Waals surface area contributed by atoms with Gasteiger partial charge in [0, 0.05) is 13.1 Å². The number of carbonyl (C=O) groups excluding carboxylic acids is 2. The van der Waals surface area contributed by atoms with Crippen LogP contribution in [0, 0.1) is 5.92 Å². The molecule has 0 aliphatic carbocycles. The molecule has 0 aromatic rings. The van der Waals surface area contributed by atoms with Gasteiger partial charge in [-0.05, 0) is 19.8 Å². The zero-order valence-corrected chi connectivity index (χ0v) is 12.8. The van der Waals surface area contributed by atoms with E-state index in [1.807, 2.05) is 13.8 Å². The molecule has 0 saturated heterocycles. The summed E-state index contributed by atoms with van der Waals surface area (Å²) in [6.45, 7) is 8.74. The molecule has 0 radical (unpaired) electrons. The van der Waals surface area contributed by atoms with Gasteiger partial charge in [0.1, 0.15) is 0 Å². The van der Waals surface area contributed by atoms with E-state index in [-0.39, 0.29) is 18.3 Å². The van der Waals surface area contributed by atoms with Crippen molar-refractivity contribution in [3.63, 3.8) is 0 Å². The van der Waals surface area contributed by atoms with Crippen molar-refractivity contribution in [1.82, 2.24) is 4.90 Å². The molecule has 0 bridgehead atoms. The quantitative estimate of drug-likeness (QED) is 0.558. The molecule has 100 valence electrons. The van der Waals surface area contributed by atoms with Gasteiger partial charge in [-0.3, -0.25) is 9.59 Å². The normalized spacial score (nSPS) is 11.5. The first-order chi connectivity index (χ1) is 7.68. The zero-order valence-electron chi connectivity index (χ0n) is 11.2. The standard InChI is InChI=1S/C12H22BrNO3/c1-9(2)8-14(7-6-10(15)17-5)11(16)12(3,4)13/h9H,6-8H2,1-5H3. The maximum Gasteiger partial charge on any atom is 0.307 e. The van der Waals surface area contributed by atoms with E-state index in [9.17, 15) is 9.59 Å². The van der Waals surface area contributed by atoms with Crippen LogP contribution in [-0.2, 0) is 14.3 Å². The molecule has 4 nitrogen and oxygen atoms in total. The van der Waals surface area contributed by atoms with Crippen LogP contribution in [0.5, 0.6) is 0 Å². The molecule has 0 rings (SSSR count). The minimum atomic E-state index is -0.599. The van der Waals surface area contributed by atoms with Crippen molar-refractivity contribution in [2.45, 2.75) is 38.4 Å². The lowest BCUT2D eigenvalue weighted by Crippen LogP contribution is -2.44. The Morgan fingerprint density at radius 2 is 1.88 bits per heavy atom. The summed E-state index contributed by atoms with van der Waals surface area (Å²) in [6, 6.07) is 0. The largest absolute Gasteiger partial charge is 0.469 e. The maximum absolute atomic E-state index is 12.1. The van der Waals surface area contributed by atoms with Crippen molar-refractivity contribution in [1.29, 1.82) is 0 Å². The molecule has 0 N–H and O–H groups in total. The molecule has 0 spiro atoms. The van der Waals surface area contributed by atoms with Gasteiger partial charge in [-0.2, -0.15) is 0 Å². The number of amides is 1. The highest BCUT2D eigenvalue weighted by Gasteiger charge is 2.29. The molecule has 1 amide bonds. The first-order valence-corrected chi connectivity index (χ1v) is 6.53. The smallest absolute Gasteiger partial charge is 0.307 e. The zero-order chi connectivity index (χ0) is 13.6. The Hall–Kier alpha value is -0.580. The Balaban J connectivity index is 4.54. The molecule has 0 aliphatic heterocycles. The van der Waals surface area contributed by atoms with Gasteiger partial charge in [-0.1, -0.05) is 29.8 Å². The molecule has 0 aromatic heterocycles. The number of carbonyl (C=O) groups is 2. The van der Waals surface area contributed by atoms with Crippen molar-refractivity contribution in [2.24, 2.45) is 5.92 Å². The molecule has 0 heterocycles. The Morgan fingerprint density at radius 3 is 2.24 bits per heavy atom. The predicted octanol–water partition coefficient (Wildman–Crippen LogP) is 2.21. The summed E-state index contributed by atoms with van der Waals surface area (Å²) in [4.78, 5) is 24.9. The van der Waals surface area contributed by atoms with E-state index < -0.39 is 4.32 Å². The average molecular weight is 308 g/mol. The van der Waals surface area contributed by atoms with Crippen LogP contribution in [0.4, 0.5) is 0 Å². The lowest BCUT2D eigenvalue weighted by Gasteiger charge is -2.29. The van der Waals surface area contributed by atoms with Gasteiger partial charge in [-0.25, -0.2) is 0 Å². The molecule has 0 aliphatic rings. The first-order valence-electron chi connectivity index (χ1n) is 5.73. The molecule has 5 heteroatoms. The molecule has 0 aromatic carbocycles. The SMILES string of the molecule is COC(=O)CCN(CC(C)C)C(=O)C(C)(C)Br. The lowest BCUT2D eigenvalue weighted by atomic mass is 10.1. The van der Waals surface area contributed by atoms with Gasteiger partial charge in [0.15, 0.2) is 0 Å². The van der Waals surface area contributed by atoms with Crippen molar-refractivity contribution >= 4 is 27.8 Å². The van der Waals surface area contributed by atoms with Crippen molar-refractivity contribution < 1.29 is 14.3 Å². The summed E-state index contributed by atoms with van der Waals surface area (Å²) in [5, 5.41) is 0. The Labute approximate surface area is 112 Å². The van der Waals surface area contributed by atoms with E-state index >= 15 is 0 Å². The van der Waals surface area contributed by atoms with Crippen LogP contribution < -0.4 is 0 Å². The summed E-state index contributed by atoms with van der Waals surface area (Å²) in [5.41, 5.74) is 0. The molecule has 17 heavy (non-hydrogen) atoms. The van der Waals surface area contributed by atoms with Gasteiger partial charge in [0.25, 0.3) is 0 Å². The van der Waals surface area contributed by atoms with E-state index in [1.165, 1.54) is 7.11 Å². The minimum Gasteiger partial charge on any atom is -0.469 e. The number of esters is 1. The number of nitrogens with zero attached hydrogens (tertiary/aromatic N) is 1. The molecule has 0 atom stereocenters. The number of ether oxygens (including phenoxy) is 1. The number of rotatable bonds is 6. The number of hydrogen-bond acceptors (Lipinski definition) is 3. The second-order valence-electron chi connectivity index (χ2n) is 4.94. The van der Waals surface area contributed by atoms with Crippen LogP contribution >= 0.6 is 15.9 Å². The summed E-state index contributed by atoms with van der Waals surface area (Å²) in [7, 11) is 1.35.